The van der Waals surface area contributed by atoms with Gasteiger partial charge < -0.3 is 9.84 Å². The van der Waals surface area contributed by atoms with Gasteiger partial charge in [-0.2, -0.15) is 0 Å². The highest BCUT2D eigenvalue weighted by atomic mass is 16.5. The molecule has 0 saturated heterocycles. The van der Waals surface area contributed by atoms with Gasteiger partial charge in [0.1, 0.15) is 0 Å². The minimum atomic E-state index is -0.981. The Hall–Kier alpha value is -0.830. The first-order valence-corrected chi connectivity index (χ1v) is 4.59. The van der Waals surface area contributed by atoms with Gasteiger partial charge in [0.2, 0.25) is 0 Å². The molecule has 76 valence electrons. The second-order valence-electron chi connectivity index (χ2n) is 3.04. The van der Waals surface area contributed by atoms with E-state index in [0.29, 0.717) is 6.10 Å². The van der Waals surface area contributed by atoms with Gasteiger partial charge in [0.15, 0.2) is 0 Å². The van der Waals surface area contributed by atoms with Crippen molar-refractivity contribution in [1.82, 2.24) is 0 Å². The molecular formula is C10H18O3. The van der Waals surface area contributed by atoms with Crippen molar-refractivity contribution in [2.75, 3.05) is 7.11 Å². The summed E-state index contributed by atoms with van der Waals surface area (Å²) in [4.78, 5) is 9.25. The van der Waals surface area contributed by atoms with Gasteiger partial charge in [0, 0.05) is 13.2 Å². The molecule has 1 aliphatic rings. The van der Waals surface area contributed by atoms with Crippen LogP contribution in [-0.4, -0.2) is 24.3 Å². The minimum absolute atomic E-state index is 0.587. The summed E-state index contributed by atoms with van der Waals surface area (Å²) < 4.78 is 5.19. The van der Waals surface area contributed by atoms with E-state index in [9.17, 15) is 4.79 Å². The first kappa shape index (κ1) is 12.2. The fraction of sp³-hybridized carbons (Fsp3) is 0.700. The average molecular weight is 186 g/mol. The van der Waals surface area contributed by atoms with Crippen LogP contribution in [0, 0.1) is 0 Å². The van der Waals surface area contributed by atoms with E-state index in [1.807, 2.05) is 7.11 Å². The van der Waals surface area contributed by atoms with Crippen LogP contribution in [0.4, 0.5) is 0 Å². The van der Waals surface area contributed by atoms with E-state index < -0.39 is 5.97 Å². The maximum Gasteiger partial charge on any atom is 0.327 e. The number of hydrogen-bond acceptors (Lipinski definition) is 2. The molecule has 1 rings (SSSR count). The number of aliphatic carboxylic acids is 1. The van der Waals surface area contributed by atoms with E-state index >= 15 is 0 Å². The highest BCUT2D eigenvalue weighted by Crippen LogP contribution is 2.18. The highest BCUT2D eigenvalue weighted by molar-refractivity contribution is 5.78. The van der Waals surface area contributed by atoms with E-state index in [2.05, 4.69) is 6.58 Å². The van der Waals surface area contributed by atoms with Gasteiger partial charge in [-0.15, -0.1) is 0 Å². The monoisotopic (exact) mass is 186 g/mol. The number of carboxylic acids is 1. The lowest BCUT2D eigenvalue weighted by atomic mass is 9.98. The first-order valence-electron chi connectivity index (χ1n) is 4.59. The normalized spacial score (nSPS) is 17.0. The van der Waals surface area contributed by atoms with Crippen LogP contribution in [0.15, 0.2) is 12.7 Å². The Bertz CT molecular complexity index is 148. The predicted octanol–water partition coefficient (Wildman–Crippen LogP) is 2.22. The maximum absolute atomic E-state index is 9.25. The van der Waals surface area contributed by atoms with Crippen LogP contribution in [0.2, 0.25) is 0 Å². The molecule has 0 aromatic heterocycles. The number of carbonyl (C=O) groups is 1. The Morgan fingerprint density at radius 1 is 1.46 bits per heavy atom. The molecule has 0 amide bonds. The van der Waals surface area contributed by atoms with E-state index in [4.69, 9.17) is 9.84 Å². The lowest BCUT2D eigenvalue weighted by Crippen LogP contribution is -2.13. The zero-order valence-electron chi connectivity index (χ0n) is 8.16. The number of ether oxygens (including phenoxy) is 1. The van der Waals surface area contributed by atoms with Crippen LogP contribution < -0.4 is 0 Å². The Labute approximate surface area is 79.4 Å². The lowest BCUT2D eigenvalue weighted by molar-refractivity contribution is -0.131. The van der Waals surface area contributed by atoms with Gasteiger partial charge in [0.25, 0.3) is 0 Å². The predicted molar refractivity (Wildman–Crippen MR) is 51.7 cm³/mol. The van der Waals surface area contributed by atoms with E-state index in [1.165, 1.54) is 32.1 Å². The smallest absolute Gasteiger partial charge is 0.327 e. The summed E-state index contributed by atoms with van der Waals surface area (Å²) in [6.07, 6.45) is 8.16. The Morgan fingerprint density at radius 2 is 1.92 bits per heavy atom. The molecule has 0 heterocycles. The average Bonchev–Trinajstić information content (AvgIpc) is 2.20. The van der Waals surface area contributed by atoms with Gasteiger partial charge in [0.05, 0.1) is 6.10 Å². The van der Waals surface area contributed by atoms with Gasteiger partial charge in [-0.05, 0) is 12.8 Å². The largest absolute Gasteiger partial charge is 0.478 e. The summed E-state index contributed by atoms with van der Waals surface area (Å²) in [5.74, 6) is -0.981. The van der Waals surface area contributed by atoms with E-state index in [0.717, 1.165) is 6.08 Å². The van der Waals surface area contributed by atoms with Crippen molar-refractivity contribution in [3.63, 3.8) is 0 Å². The summed E-state index contributed by atoms with van der Waals surface area (Å²) in [7, 11) is 1.82. The van der Waals surface area contributed by atoms with Crippen LogP contribution in [0.1, 0.15) is 32.1 Å². The second-order valence-corrected chi connectivity index (χ2v) is 3.04. The molecule has 3 heteroatoms. The van der Waals surface area contributed by atoms with E-state index in [1.54, 1.807) is 0 Å². The van der Waals surface area contributed by atoms with Gasteiger partial charge in [-0.3, -0.25) is 0 Å². The van der Waals surface area contributed by atoms with Crippen molar-refractivity contribution >= 4 is 5.97 Å². The lowest BCUT2D eigenvalue weighted by Gasteiger charge is -2.19. The number of rotatable bonds is 2. The molecule has 1 saturated carbocycles. The van der Waals surface area contributed by atoms with Crippen LogP contribution >= 0.6 is 0 Å². The third kappa shape index (κ3) is 7.53. The summed E-state index contributed by atoms with van der Waals surface area (Å²) in [5, 5.41) is 7.60. The standard InChI is InChI=1S/C7H14O.C3H4O2/c1-8-7-5-3-2-4-6-7;1-2-3(4)5/h7H,2-6H2,1H3;2H,1H2,(H,4,5). The van der Waals surface area contributed by atoms with Crippen molar-refractivity contribution in [3.8, 4) is 0 Å². The molecule has 1 N–H and O–H groups in total. The zero-order chi connectivity index (χ0) is 10.1. The molecule has 0 bridgehead atoms. The van der Waals surface area contributed by atoms with Crippen molar-refractivity contribution in [3.05, 3.63) is 12.7 Å². The number of methoxy groups -OCH3 is 1. The van der Waals surface area contributed by atoms with Crippen molar-refractivity contribution < 1.29 is 14.6 Å². The quantitative estimate of drug-likeness (QED) is 0.672. The first-order chi connectivity index (χ1) is 6.20. The molecule has 0 aliphatic heterocycles. The van der Waals surface area contributed by atoms with Crippen molar-refractivity contribution in [2.45, 2.75) is 38.2 Å². The molecular weight excluding hydrogens is 168 g/mol. The minimum Gasteiger partial charge on any atom is -0.478 e. The number of hydrogen-bond donors (Lipinski definition) is 1. The van der Waals surface area contributed by atoms with E-state index in [-0.39, 0.29) is 0 Å². The third-order valence-electron chi connectivity index (χ3n) is 2.06. The summed E-state index contributed by atoms with van der Waals surface area (Å²) in [6.45, 7) is 2.96. The summed E-state index contributed by atoms with van der Waals surface area (Å²) in [6, 6.07) is 0. The zero-order valence-corrected chi connectivity index (χ0v) is 8.16. The summed E-state index contributed by atoms with van der Waals surface area (Å²) >= 11 is 0. The van der Waals surface area contributed by atoms with Crippen LogP contribution in [0.3, 0.4) is 0 Å². The fourth-order valence-corrected chi connectivity index (χ4v) is 1.30. The highest BCUT2D eigenvalue weighted by Gasteiger charge is 2.10. The molecule has 0 atom stereocenters. The Kier molecular flexibility index (Phi) is 7.30. The molecule has 0 radical (unpaired) electrons. The second kappa shape index (κ2) is 7.80. The topological polar surface area (TPSA) is 46.5 Å². The molecule has 3 nitrogen and oxygen atoms in total. The molecule has 0 unspecified atom stereocenters. The van der Waals surface area contributed by atoms with Crippen molar-refractivity contribution in [1.29, 1.82) is 0 Å². The van der Waals surface area contributed by atoms with Crippen molar-refractivity contribution in [2.24, 2.45) is 0 Å². The third-order valence-corrected chi connectivity index (χ3v) is 2.06. The van der Waals surface area contributed by atoms with Gasteiger partial charge in [-0.25, -0.2) is 4.79 Å². The van der Waals surface area contributed by atoms with Gasteiger partial charge >= 0.3 is 5.97 Å². The molecule has 1 fully saturated rings. The van der Waals surface area contributed by atoms with Crippen LogP contribution in [0.25, 0.3) is 0 Å². The number of carboxylic acid groups (broad SMARTS) is 1. The Morgan fingerprint density at radius 3 is 2.15 bits per heavy atom. The maximum atomic E-state index is 9.25. The molecule has 13 heavy (non-hydrogen) atoms. The molecule has 1 aliphatic carbocycles. The molecule has 0 spiro atoms. The Balaban J connectivity index is 0.000000252. The SMILES string of the molecule is C=CC(=O)O.COC1CCCCC1. The van der Waals surface area contributed by atoms with Crippen LogP contribution in [0.5, 0.6) is 0 Å². The fourth-order valence-electron chi connectivity index (χ4n) is 1.30. The van der Waals surface area contributed by atoms with Crippen LogP contribution in [-0.2, 0) is 9.53 Å². The molecule has 0 aromatic rings. The van der Waals surface area contributed by atoms with Gasteiger partial charge in [-0.1, -0.05) is 25.8 Å². The molecule has 0 aromatic carbocycles. The summed E-state index contributed by atoms with van der Waals surface area (Å²) in [5.41, 5.74) is 0.